The van der Waals surface area contributed by atoms with E-state index >= 15 is 0 Å². The number of amides is 1. The molecule has 0 saturated carbocycles. The predicted octanol–water partition coefficient (Wildman–Crippen LogP) is 2.56. The summed E-state index contributed by atoms with van der Waals surface area (Å²) in [5.74, 6) is -0.879. The molecule has 1 aliphatic rings. The van der Waals surface area contributed by atoms with Crippen molar-refractivity contribution in [3.8, 4) is 0 Å². The molecule has 1 aromatic rings. The fourth-order valence-corrected chi connectivity index (χ4v) is 2.90. The third-order valence-corrected chi connectivity index (χ3v) is 4.21. The molecular weight excluding hydrogens is 324 g/mol. The number of carboxylic acid groups (broad SMARTS) is 1. The van der Waals surface area contributed by atoms with Crippen LogP contribution in [0.25, 0.3) is 0 Å². The van der Waals surface area contributed by atoms with Gasteiger partial charge >= 0.3 is 5.97 Å². The number of piperidine rings is 1. The van der Waals surface area contributed by atoms with E-state index in [0.29, 0.717) is 23.5 Å². The Morgan fingerprint density at radius 1 is 1.50 bits per heavy atom. The Balaban J connectivity index is 2.21. The smallest absolute Gasteiger partial charge is 0.326 e. The Kier molecular flexibility index (Phi) is 4.75. The Morgan fingerprint density at radius 2 is 2.25 bits per heavy atom. The fourth-order valence-electron chi connectivity index (χ4n) is 2.56. The molecule has 0 spiro atoms. The Labute approximate surface area is 126 Å². The summed E-state index contributed by atoms with van der Waals surface area (Å²) in [7, 11) is 0. The van der Waals surface area contributed by atoms with Gasteiger partial charge in [-0.1, -0.05) is 19.4 Å². The first kappa shape index (κ1) is 15.0. The monoisotopic (exact) mass is 340 g/mol. The number of likely N-dealkylation sites (tertiary alicyclic amines) is 1. The summed E-state index contributed by atoms with van der Waals surface area (Å²) in [6.07, 6.45) is 2.31. The van der Waals surface area contributed by atoms with Gasteiger partial charge in [0.2, 0.25) is 0 Å². The van der Waals surface area contributed by atoms with E-state index in [1.165, 1.54) is 4.90 Å². The number of carbonyl (C=O) groups is 2. The predicted molar refractivity (Wildman–Crippen MR) is 77.4 cm³/mol. The van der Waals surface area contributed by atoms with Gasteiger partial charge in [0.15, 0.2) is 0 Å². The molecule has 0 bridgehead atoms. The van der Waals surface area contributed by atoms with E-state index in [1.807, 2.05) is 0 Å². The van der Waals surface area contributed by atoms with Crippen molar-refractivity contribution in [3.05, 3.63) is 28.5 Å². The maximum atomic E-state index is 12.4. The lowest BCUT2D eigenvalue weighted by molar-refractivity contribution is -0.144. The second-order valence-corrected chi connectivity index (χ2v) is 5.81. The van der Waals surface area contributed by atoms with Gasteiger partial charge in [0.05, 0.1) is 0 Å². The van der Waals surface area contributed by atoms with Crippen LogP contribution in [0.5, 0.6) is 0 Å². The SMILES string of the molecule is CCC1CCN(C(=O)c2cccc(Br)n2)C(C(=O)O)C1. The van der Waals surface area contributed by atoms with Crippen LogP contribution in [0, 0.1) is 5.92 Å². The average molecular weight is 341 g/mol. The zero-order valence-corrected chi connectivity index (χ0v) is 12.8. The van der Waals surface area contributed by atoms with Gasteiger partial charge in [0, 0.05) is 6.54 Å². The molecule has 2 heterocycles. The van der Waals surface area contributed by atoms with Crippen LogP contribution in [0.2, 0.25) is 0 Å². The van der Waals surface area contributed by atoms with Gasteiger partial charge in [-0.15, -0.1) is 0 Å². The van der Waals surface area contributed by atoms with E-state index in [4.69, 9.17) is 0 Å². The van der Waals surface area contributed by atoms with Gasteiger partial charge in [0.1, 0.15) is 16.3 Å². The number of aliphatic carboxylic acids is 1. The van der Waals surface area contributed by atoms with Crippen molar-refractivity contribution in [2.24, 2.45) is 5.92 Å². The normalized spacial score (nSPS) is 22.6. The van der Waals surface area contributed by atoms with Gasteiger partial charge in [-0.3, -0.25) is 4.79 Å². The number of nitrogens with zero attached hydrogens (tertiary/aromatic N) is 2. The molecule has 1 aromatic heterocycles. The minimum Gasteiger partial charge on any atom is -0.480 e. The average Bonchev–Trinajstić information content (AvgIpc) is 2.45. The van der Waals surface area contributed by atoms with E-state index in [-0.39, 0.29) is 11.6 Å². The Hall–Kier alpha value is -1.43. The molecule has 1 aliphatic heterocycles. The Morgan fingerprint density at radius 3 is 2.85 bits per heavy atom. The van der Waals surface area contributed by atoms with E-state index in [0.717, 1.165) is 12.8 Å². The maximum Gasteiger partial charge on any atom is 0.326 e. The van der Waals surface area contributed by atoms with E-state index in [9.17, 15) is 14.7 Å². The molecular formula is C14H17BrN2O3. The molecule has 1 fully saturated rings. The molecule has 0 aliphatic carbocycles. The van der Waals surface area contributed by atoms with Crippen molar-refractivity contribution >= 4 is 27.8 Å². The summed E-state index contributed by atoms with van der Waals surface area (Å²) < 4.78 is 0.568. The first-order chi connectivity index (χ1) is 9.52. The van der Waals surface area contributed by atoms with Gasteiger partial charge in [-0.05, 0) is 46.8 Å². The molecule has 2 unspecified atom stereocenters. The number of pyridine rings is 1. The number of carboxylic acids is 1. The molecule has 6 heteroatoms. The van der Waals surface area contributed by atoms with E-state index < -0.39 is 12.0 Å². The zero-order valence-electron chi connectivity index (χ0n) is 11.3. The van der Waals surface area contributed by atoms with Crippen LogP contribution >= 0.6 is 15.9 Å². The number of aromatic nitrogens is 1. The van der Waals surface area contributed by atoms with E-state index in [1.54, 1.807) is 18.2 Å². The molecule has 1 saturated heterocycles. The van der Waals surface area contributed by atoms with Crippen molar-refractivity contribution in [3.63, 3.8) is 0 Å². The lowest BCUT2D eigenvalue weighted by Crippen LogP contribution is -2.50. The maximum absolute atomic E-state index is 12.4. The van der Waals surface area contributed by atoms with Gasteiger partial charge in [-0.25, -0.2) is 9.78 Å². The van der Waals surface area contributed by atoms with Crippen LogP contribution in [-0.4, -0.2) is 39.5 Å². The number of carbonyl (C=O) groups excluding carboxylic acids is 1. The van der Waals surface area contributed by atoms with Crippen molar-refractivity contribution in [1.29, 1.82) is 0 Å². The van der Waals surface area contributed by atoms with Crippen LogP contribution in [-0.2, 0) is 4.79 Å². The van der Waals surface area contributed by atoms with Crippen molar-refractivity contribution < 1.29 is 14.7 Å². The summed E-state index contributed by atoms with van der Waals surface area (Å²) in [5.41, 5.74) is 0.278. The second kappa shape index (κ2) is 6.35. The van der Waals surface area contributed by atoms with Crippen LogP contribution in [0.1, 0.15) is 36.7 Å². The number of hydrogen-bond acceptors (Lipinski definition) is 3. The first-order valence-electron chi connectivity index (χ1n) is 6.69. The van der Waals surface area contributed by atoms with Crippen LogP contribution < -0.4 is 0 Å². The Bertz CT molecular complexity index is 521. The lowest BCUT2D eigenvalue weighted by atomic mass is 9.88. The van der Waals surface area contributed by atoms with Gasteiger partial charge in [-0.2, -0.15) is 0 Å². The molecule has 108 valence electrons. The first-order valence-corrected chi connectivity index (χ1v) is 7.48. The molecule has 2 rings (SSSR count). The fraction of sp³-hybridized carbons (Fsp3) is 0.500. The summed E-state index contributed by atoms with van der Waals surface area (Å²) in [6.45, 7) is 2.53. The van der Waals surface area contributed by atoms with Crippen molar-refractivity contribution in [1.82, 2.24) is 9.88 Å². The third-order valence-electron chi connectivity index (χ3n) is 3.77. The standard InChI is InChI=1S/C14H17BrN2O3/c1-2-9-6-7-17(11(8-9)14(19)20)13(18)10-4-3-5-12(15)16-10/h3-5,9,11H,2,6-8H2,1H3,(H,19,20). The van der Waals surface area contributed by atoms with Crippen molar-refractivity contribution in [2.75, 3.05) is 6.54 Å². The molecule has 5 nitrogen and oxygen atoms in total. The summed E-state index contributed by atoms with van der Waals surface area (Å²) >= 11 is 3.22. The number of rotatable bonds is 3. The highest BCUT2D eigenvalue weighted by atomic mass is 79.9. The summed E-state index contributed by atoms with van der Waals surface area (Å²) in [4.78, 5) is 29.4. The van der Waals surface area contributed by atoms with Gasteiger partial charge in [0.25, 0.3) is 5.91 Å². The highest BCUT2D eigenvalue weighted by Gasteiger charge is 2.36. The van der Waals surface area contributed by atoms with Crippen LogP contribution in [0.15, 0.2) is 22.8 Å². The van der Waals surface area contributed by atoms with Crippen LogP contribution in [0.3, 0.4) is 0 Å². The zero-order chi connectivity index (χ0) is 14.7. The minimum absolute atomic E-state index is 0.278. The molecule has 2 atom stereocenters. The largest absolute Gasteiger partial charge is 0.480 e. The molecule has 0 aromatic carbocycles. The minimum atomic E-state index is -0.938. The molecule has 0 radical (unpaired) electrons. The quantitative estimate of drug-likeness (QED) is 0.858. The summed E-state index contributed by atoms with van der Waals surface area (Å²) in [5, 5.41) is 9.35. The van der Waals surface area contributed by atoms with E-state index in [2.05, 4.69) is 27.8 Å². The highest BCUT2D eigenvalue weighted by Crippen LogP contribution is 2.26. The molecule has 1 amide bonds. The summed E-state index contributed by atoms with van der Waals surface area (Å²) in [6, 6.07) is 4.31. The molecule has 20 heavy (non-hydrogen) atoms. The van der Waals surface area contributed by atoms with Crippen LogP contribution in [0.4, 0.5) is 0 Å². The number of hydrogen-bond donors (Lipinski definition) is 1. The topological polar surface area (TPSA) is 70.5 Å². The number of halogens is 1. The molecule has 1 N–H and O–H groups in total. The third kappa shape index (κ3) is 3.17. The highest BCUT2D eigenvalue weighted by molar-refractivity contribution is 9.10. The second-order valence-electron chi connectivity index (χ2n) is 5.00. The van der Waals surface area contributed by atoms with Crippen molar-refractivity contribution in [2.45, 2.75) is 32.2 Å². The van der Waals surface area contributed by atoms with Gasteiger partial charge < -0.3 is 10.0 Å². The lowest BCUT2D eigenvalue weighted by Gasteiger charge is -2.36.